The van der Waals surface area contributed by atoms with Gasteiger partial charge in [0.2, 0.25) is 5.91 Å². The third-order valence-corrected chi connectivity index (χ3v) is 7.34. The quantitative estimate of drug-likeness (QED) is 0.362. The molecule has 1 atom stereocenters. The van der Waals surface area contributed by atoms with E-state index >= 15 is 0 Å². The molecule has 0 aromatic heterocycles. The Hall–Kier alpha value is -2.68. The maximum atomic E-state index is 12.9. The molecule has 1 aromatic rings. The first-order valence-corrected chi connectivity index (χ1v) is 11.3. The van der Waals surface area contributed by atoms with Gasteiger partial charge < -0.3 is 15.4 Å². The van der Waals surface area contributed by atoms with Crippen molar-refractivity contribution in [2.24, 2.45) is 23.2 Å². The Balaban J connectivity index is 1.28. The molecule has 32 heavy (non-hydrogen) atoms. The first-order valence-electron chi connectivity index (χ1n) is 10.9. The van der Waals surface area contributed by atoms with Crippen LogP contribution < -0.4 is 10.6 Å². The smallest absolute Gasteiger partial charge is 0.326 e. The molecule has 1 unspecified atom stereocenters. The standard InChI is InChI=1S/C22H26ClN3O6/c1-12(20(28)25-18-7-16(26(30)31)2-3-17(18)23)32-19(27)11-24-21(29)22-8-13-4-14(9-22)6-15(5-13)10-22/h2-3,7,12-15H,4-6,8-11H2,1H3,(H,24,29)(H,25,28). The third-order valence-electron chi connectivity index (χ3n) is 7.01. The molecule has 4 aliphatic rings. The molecule has 2 N–H and O–H groups in total. The summed E-state index contributed by atoms with van der Waals surface area (Å²) in [5.41, 5.74) is -0.554. The van der Waals surface area contributed by atoms with Crippen molar-refractivity contribution >= 4 is 40.8 Å². The highest BCUT2D eigenvalue weighted by atomic mass is 35.5. The Labute approximate surface area is 190 Å². The van der Waals surface area contributed by atoms with Crippen LogP contribution in [-0.4, -0.2) is 35.4 Å². The number of hydrogen-bond acceptors (Lipinski definition) is 6. The summed E-state index contributed by atoms with van der Waals surface area (Å²) in [4.78, 5) is 47.8. The number of ether oxygens (including phenoxy) is 1. The predicted octanol–water partition coefficient (Wildman–Crippen LogP) is 3.45. The summed E-state index contributed by atoms with van der Waals surface area (Å²) in [6.07, 6.45) is 5.16. The minimum atomic E-state index is -1.17. The molecule has 5 rings (SSSR count). The number of esters is 1. The molecule has 172 valence electrons. The Morgan fingerprint density at radius 1 is 1.19 bits per heavy atom. The van der Waals surface area contributed by atoms with E-state index in [1.54, 1.807) is 0 Å². The van der Waals surface area contributed by atoms with Crippen molar-refractivity contribution in [1.29, 1.82) is 0 Å². The highest BCUT2D eigenvalue weighted by Crippen LogP contribution is 2.60. The van der Waals surface area contributed by atoms with Gasteiger partial charge in [0, 0.05) is 17.5 Å². The number of rotatable bonds is 7. The van der Waals surface area contributed by atoms with E-state index < -0.39 is 22.9 Å². The van der Waals surface area contributed by atoms with Crippen LogP contribution in [0.3, 0.4) is 0 Å². The van der Waals surface area contributed by atoms with E-state index in [2.05, 4.69) is 10.6 Å². The van der Waals surface area contributed by atoms with E-state index in [0.717, 1.165) is 25.3 Å². The van der Waals surface area contributed by atoms with Crippen molar-refractivity contribution in [1.82, 2.24) is 5.32 Å². The van der Waals surface area contributed by atoms with Crippen LogP contribution in [0.5, 0.6) is 0 Å². The predicted molar refractivity (Wildman–Crippen MR) is 116 cm³/mol. The number of hydrogen-bond donors (Lipinski definition) is 2. The first kappa shape index (κ1) is 22.5. The van der Waals surface area contributed by atoms with E-state index in [9.17, 15) is 24.5 Å². The van der Waals surface area contributed by atoms with Crippen LogP contribution in [0.4, 0.5) is 11.4 Å². The zero-order chi connectivity index (χ0) is 23.0. The Kier molecular flexibility index (Phi) is 6.11. The number of nitro groups is 1. The van der Waals surface area contributed by atoms with Gasteiger partial charge in [0.15, 0.2) is 6.10 Å². The number of anilines is 1. The second kappa shape index (κ2) is 8.69. The maximum absolute atomic E-state index is 12.9. The summed E-state index contributed by atoms with van der Waals surface area (Å²) in [6, 6.07) is 3.64. The lowest BCUT2D eigenvalue weighted by Crippen LogP contribution is -2.54. The fourth-order valence-electron chi connectivity index (χ4n) is 5.98. The molecule has 10 heteroatoms. The molecule has 4 bridgehead atoms. The fraction of sp³-hybridized carbons (Fsp3) is 0.591. The number of carbonyl (C=O) groups is 3. The van der Waals surface area contributed by atoms with Gasteiger partial charge >= 0.3 is 5.97 Å². The summed E-state index contributed by atoms with van der Waals surface area (Å²) in [5, 5.41) is 16.2. The van der Waals surface area contributed by atoms with Crippen LogP contribution in [0.15, 0.2) is 18.2 Å². The minimum absolute atomic E-state index is 0.0453. The van der Waals surface area contributed by atoms with Crippen molar-refractivity contribution in [3.05, 3.63) is 33.3 Å². The lowest BCUT2D eigenvalue weighted by atomic mass is 9.49. The van der Waals surface area contributed by atoms with Gasteiger partial charge in [-0.15, -0.1) is 0 Å². The number of nitro benzene ring substituents is 1. The van der Waals surface area contributed by atoms with Gasteiger partial charge in [0.1, 0.15) is 6.54 Å². The molecular weight excluding hydrogens is 438 g/mol. The summed E-state index contributed by atoms with van der Waals surface area (Å²) in [6.45, 7) is 1.06. The van der Waals surface area contributed by atoms with E-state index in [4.69, 9.17) is 16.3 Å². The normalized spacial score (nSPS) is 28.6. The number of nitrogens with one attached hydrogen (secondary N) is 2. The molecule has 1 aromatic carbocycles. The molecule has 0 spiro atoms. The van der Waals surface area contributed by atoms with Crippen molar-refractivity contribution in [2.75, 3.05) is 11.9 Å². The van der Waals surface area contributed by atoms with E-state index in [1.807, 2.05) is 0 Å². The molecule has 0 aliphatic heterocycles. The maximum Gasteiger partial charge on any atom is 0.326 e. The molecule has 4 fully saturated rings. The minimum Gasteiger partial charge on any atom is -0.451 e. The van der Waals surface area contributed by atoms with Gasteiger partial charge in [0.05, 0.1) is 15.6 Å². The van der Waals surface area contributed by atoms with Crippen molar-refractivity contribution in [3.8, 4) is 0 Å². The highest BCUT2D eigenvalue weighted by molar-refractivity contribution is 6.33. The molecule has 4 saturated carbocycles. The number of nitrogens with zero attached hydrogens (tertiary/aromatic N) is 1. The van der Waals surface area contributed by atoms with Gasteiger partial charge in [-0.05, 0) is 69.3 Å². The second-order valence-electron chi connectivity index (χ2n) is 9.42. The number of halogens is 1. The van der Waals surface area contributed by atoms with Crippen LogP contribution in [0.1, 0.15) is 45.4 Å². The second-order valence-corrected chi connectivity index (χ2v) is 9.83. The van der Waals surface area contributed by atoms with Gasteiger partial charge in [-0.1, -0.05) is 11.6 Å². The van der Waals surface area contributed by atoms with E-state index in [-0.39, 0.29) is 34.3 Å². The molecule has 0 heterocycles. The Morgan fingerprint density at radius 2 is 1.78 bits per heavy atom. The number of benzene rings is 1. The summed E-state index contributed by atoms with van der Waals surface area (Å²) < 4.78 is 5.13. The van der Waals surface area contributed by atoms with Crippen LogP contribution in [0, 0.1) is 33.3 Å². The van der Waals surface area contributed by atoms with Crippen LogP contribution in [0.2, 0.25) is 5.02 Å². The van der Waals surface area contributed by atoms with Crippen molar-refractivity contribution < 1.29 is 24.0 Å². The van der Waals surface area contributed by atoms with E-state index in [0.29, 0.717) is 17.8 Å². The number of carbonyl (C=O) groups excluding carboxylic acids is 3. The zero-order valence-corrected chi connectivity index (χ0v) is 18.5. The number of non-ortho nitro benzene ring substituents is 1. The third kappa shape index (κ3) is 4.57. The average molecular weight is 464 g/mol. The first-order chi connectivity index (χ1) is 15.1. The fourth-order valence-corrected chi connectivity index (χ4v) is 6.14. The molecule has 0 saturated heterocycles. The number of amides is 2. The highest BCUT2D eigenvalue weighted by Gasteiger charge is 2.54. The van der Waals surface area contributed by atoms with Crippen LogP contribution in [0.25, 0.3) is 0 Å². The van der Waals surface area contributed by atoms with Crippen molar-refractivity contribution in [3.63, 3.8) is 0 Å². The van der Waals surface area contributed by atoms with Crippen molar-refractivity contribution in [2.45, 2.75) is 51.6 Å². The summed E-state index contributed by atoms with van der Waals surface area (Å²) in [7, 11) is 0. The monoisotopic (exact) mass is 463 g/mol. The molecule has 0 radical (unpaired) electrons. The zero-order valence-electron chi connectivity index (χ0n) is 17.8. The lowest BCUT2D eigenvalue weighted by molar-refractivity contribution is -0.384. The largest absolute Gasteiger partial charge is 0.451 e. The molecule has 4 aliphatic carbocycles. The summed E-state index contributed by atoms with van der Waals surface area (Å²) >= 11 is 5.98. The Bertz CT molecular complexity index is 930. The van der Waals surface area contributed by atoms with Gasteiger partial charge in [-0.25, -0.2) is 0 Å². The van der Waals surface area contributed by atoms with Gasteiger partial charge in [-0.3, -0.25) is 24.5 Å². The Morgan fingerprint density at radius 3 is 2.34 bits per heavy atom. The summed E-state index contributed by atoms with van der Waals surface area (Å²) in [5.74, 6) is 0.341. The molecule has 2 amide bonds. The average Bonchev–Trinajstić information content (AvgIpc) is 2.72. The SMILES string of the molecule is CC(OC(=O)CNC(=O)C12CC3CC(CC(C3)C1)C2)C(=O)Nc1cc([N+](=O)[O-])ccc1Cl. The van der Waals surface area contributed by atoms with Crippen LogP contribution in [-0.2, 0) is 19.1 Å². The molecular formula is C22H26ClN3O6. The van der Waals surface area contributed by atoms with Crippen LogP contribution >= 0.6 is 11.6 Å². The molecule has 9 nitrogen and oxygen atoms in total. The topological polar surface area (TPSA) is 128 Å². The van der Waals surface area contributed by atoms with Gasteiger partial charge in [0.25, 0.3) is 11.6 Å². The lowest BCUT2D eigenvalue weighted by Gasteiger charge is -2.55. The van der Waals surface area contributed by atoms with E-state index in [1.165, 1.54) is 38.3 Å². The van der Waals surface area contributed by atoms with Gasteiger partial charge in [-0.2, -0.15) is 0 Å².